The number of nitrogens with zero attached hydrogens (tertiary/aromatic N) is 2. The fourth-order valence-corrected chi connectivity index (χ4v) is 2.65. The maximum absolute atomic E-state index is 8.02. The van der Waals surface area contributed by atoms with Crippen LogP contribution in [-0.2, 0) is 6.42 Å². The van der Waals surface area contributed by atoms with Gasteiger partial charge in [0.25, 0.3) is 0 Å². The van der Waals surface area contributed by atoms with Gasteiger partial charge in [0.05, 0.1) is 17.5 Å². The Labute approximate surface area is 136 Å². The minimum Gasteiger partial charge on any atom is -0.463 e. The van der Waals surface area contributed by atoms with Gasteiger partial charge in [-0.2, -0.15) is 0 Å². The molecule has 118 valence electrons. The first kappa shape index (κ1) is 15.4. The second kappa shape index (κ2) is 7.20. The Kier molecular flexibility index (Phi) is 4.83. The molecule has 0 bridgehead atoms. The molecule has 0 spiro atoms. The lowest BCUT2D eigenvalue weighted by atomic mass is 10.1. The van der Waals surface area contributed by atoms with Crippen molar-refractivity contribution < 1.29 is 4.42 Å². The summed E-state index contributed by atoms with van der Waals surface area (Å²) in [5, 5.41) is 9.20. The highest BCUT2D eigenvalue weighted by Gasteiger charge is 2.08. The predicted molar refractivity (Wildman–Crippen MR) is 93.1 cm³/mol. The summed E-state index contributed by atoms with van der Waals surface area (Å²) in [6.07, 6.45) is 3.58. The standard InChI is InChI=1S/C19H21N3O/c1-22(14-17(20)19-9-5-13-23-19)12-4-7-16-11-10-15-6-2-3-8-18(15)21-16/h2-3,5-6,8-11,13,20H,4,7,12,14H2,1H3. The molecule has 23 heavy (non-hydrogen) atoms. The van der Waals surface area contributed by atoms with Crippen molar-refractivity contribution in [1.29, 1.82) is 5.41 Å². The zero-order chi connectivity index (χ0) is 16.1. The van der Waals surface area contributed by atoms with Crippen LogP contribution >= 0.6 is 0 Å². The SMILES string of the molecule is CN(CCCc1ccc2ccccc2n1)CC(=N)c1ccco1. The molecule has 0 fully saturated rings. The van der Waals surface area contributed by atoms with Gasteiger partial charge in [-0.05, 0) is 50.7 Å². The molecule has 0 aliphatic heterocycles. The number of likely N-dealkylation sites (N-methyl/N-ethyl adjacent to an activating group) is 1. The van der Waals surface area contributed by atoms with Crippen LogP contribution in [0.5, 0.6) is 0 Å². The van der Waals surface area contributed by atoms with Gasteiger partial charge in [0.2, 0.25) is 0 Å². The Morgan fingerprint density at radius 1 is 1.13 bits per heavy atom. The van der Waals surface area contributed by atoms with E-state index in [0.29, 0.717) is 18.0 Å². The van der Waals surface area contributed by atoms with Crippen LogP contribution in [0, 0.1) is 5.41 Å². The molecule has 4 heteroatoms. The largest absolute Gasteiger partial charge is 0.463 e. The highest BCUT2D eigenvalue weighted by Crippen LogP contribution is 2.13. The molecule has 0 amide bonds. The molecule has 0 atom stereocenters. The van der Waals surface area contributed by atoms with E-state index in [0.717, 1.165) is 30.6 Å². The van der Waals surface area contributed by atoms with Gasteiger partial charge >= 0.3 is 0 Å². The lowest BCUT2D eigenvalue weighted by molar-refractivity contribution is 0.371. The number of para-hydroxylation sites is 1. The van der Waals surface area contributed by atoms with Crippen LogP contribution in [0.15, 0.2) is 59.2 Å². The first-order valence-corrected chi connectivity index (χ1v) is 7.87. The number of hydrogen-bond donors (Lipinski definition) is 1. The molecule has 0 saturated carbocycles. The highest BCUT2D eigenvalue weighted by atomic mass is 16.3. The lowest BCUT2D eigenvalue weighted by Gasteiger charge is -2.16. The molecule has 0 aliphatic rings. The number of furan rings is 1. The van der Waals surface area contributed by atoms with Crippen molar-refractivity contribution in [2.75, 3.05) is 20.1 Å². The summed E-state index contributed by atoms with van der Waals surface area (Å²) in [5.74, 6) is 0.646. The van der Waals surface area contributed by atoms with Gasteiger partial charge in [-0.3, -0.25) is 4.98 Å². The zero-order valence-electron chi connectivity index (χ0n) is 13.3. The van der Waals surface area contributed by atoms with E-state index in [9.17, 15) is 0 Å². The van der Waals surface area contributed by atoms with E-state index < -0.39 is 0 Å². The molecular formula is C19H21N3O. The number of nitrogens with one attached hydrogen (secondary N) is 1. The summed E-state index contributed by atoms with van der Waals surface area (Å²) in [6.45, 7) is 1.52. The Morgan fingerprint density at radius 3 is 2.83 bits per heavy atom. The molecule has 4 nitrogen and oxygen atoms in total. The van der Waals surface area contributed by atoms with Crippen molar-refractivity contribution in [1.82, 2.24) is 9.88 Å². The van der Waals surface area contributed by atoms with Crippen molar-refractivity contribution >= 4 is 16.6 Å². The molecule has 0 aliphatic carbocycles. The van der Waals surface area contributed by atoms with Crippen LogP contribution in [0.3, 0.4) is 0 Å². The smallest absolute Gasteiger partial charge is 0.148 e. The van der Waals surface area contributed by atoms with Crippen LogP contribution in [0.25, 0.3) is 10.9 Å². The summed E-state index contributed by atoms with van der Waals surface area (Å²) in [7, 11) is 2.03. The van der Waals surface area contributed by atoms with E-state index in [2.05, 4.69) is 29.2 Å². The quantitative estimate of drug-likeness (QED) is 0.676. The highest BCUT2D eigenvalue weighted by molar-refractivity contribution is 5.97. The number of fused-ring (bicyclic) bond motifs is 1. The third-order valence-corrected chi connectivity index (χ3v) is 3.88. The van der Waals surface area contributed by atoms with E-state index in [4.69, 9.17) is 14.8 Å². The number of pyridine rings is 1. The molecule has 2 aromatic heterocycles. The zero-order valence-corrected chi connectivity index (χ0v) is 13.3. The number of hydrogen-bond acceptors (Lipinski definition) is 4. The molecule has 0 unspecified atom stereocenters. The topological polar surface area (TPSA) is 53.1 Å². The fourth-order valence-electron chi connectivity index (χ4n) is 2.65. The molecule has 0 saturated heterocycles. The van der Waals surface area contributed by atoms with Crippen LogP contribution in [-0.4, -0.2) is 35.7 Å². The van der Waals surface area contributed by atoms with Gasteiger partial charge in [-0.25, -0.2) is 0 Å². The summed E-state index contributed by atoms with van der Waals surface area (Å²) in [6, 6.07) is 16.1. The summed E-state index contributed by atoms with van der Waals surface area (Å²) >= 11 is 0. The van der Waals surface area contributed by atoms with Crippen LogP contribution < -0.4 is 0 Å². The third-order valence-electron chi connectivity index (χ3n) is 3.88. The van der Waals surface area contributed by atoms with E-state index in [1.165, 1.54) is 5.39 Å². The lowest BCUT2D eigenvalue weighted by Crippen LogP contribution is -2.27. The van der Waals surface area contributed by atoms with Gasteiger partial charge in [0.15, 0.2) is 0 Å². The van der Waals surface area contributed by atoms with Crippen LogP contribution in [0.4, 0.5) is 0 Å². The van der Waals surface area contributed by atoms with Crippen molar-refractivity contribution in [3.63, 3.8) is 0 Å². The molecule has 3 rings (SSSR count). The van der Waals surface area contributed by atoms with E-state index >= 15 is 0 Å². The molecule has 1 aromatic carbocycles. The van der Waals surface area contributed by atoms with Crippen molar-refractivity contribution in [3.8, 4) is 0 Å². The Morgan fingerprint density at radius 2 is 2.00 bits per heavy atom. The van der Waals surface area contributed by atoms with Gasteiger partial charge in [-0.1, -0.05) is 24.3 Å². The average molecular weight is 307 g/mol. The second-order valence-electron chi connectivity index (χ2n) is 5.79. The molecule has 0 radical (unpaired) electrons. The van der Waals surface area contributed by atoms with Gasteiger partial charge < -0.3 is 14.7 Å². The minimum atomic E-state index is 0.515. The average Bonchev–Trinajstić information content (AvgIpc) is 3.09. The Balaban J connectivity index is 1.49. The Bertz CT molecular complexity index is 780. The normalized spacial score (nSPS) is 11.2. The molecular weight excluding hydrogens is 286 g/mol. The number of benzene rings is 1. The molecule has 3 aromatic rings. The third kappa shape index (κ3) is 4.05. The predicted octanol–water partition coefficient (Wildman–Crippen LogP) is 3.76. The van der Waals surface area contributed by atoms with E-state index in [1.807, 2.05) is 31.3 Å². The Hall–Kier alpha value is -2.46. The first-order chi connectivity index (χ1) is 11.2. The molecule has 1 N–H and O–H groups in total. The van der Waals surface area contributed by atoms with Gasteiger partial charge in [0.1, 0.15) is 5.76 Å². The molecule has 2 heterocycles. The van der Waals surface area contributed by atoms with E-state index in [1.54, 1.807) is 6.26 Å². The number of rotatable bonds is 7. The van der Waals surface area contributed by atoms with Crippen LogP contribution in [0.2, 0.25) is 0 Å². The summed E-state index contributed by atoms with van der Waals surface area (Å²) in [5.41, 5.74) is 2.69. The number of aromatic nitrogens is 1. The van der Waals surface area contributed by atoms with Crippen molar-refractivity contribution in [3.05, 3.63) is 66.2 Å². The summed E-state index contributed by atoms with van der Waals surface area (Å²) < 4.78 is 5.25. The maximum atomic E-state index is 8.02. The van der Waals surface area contributed by atoms with Gasteiger partial charge in [0, 0.05) is 17.6 Å². The summed E-state index contributed by atoms with van der Waals surface area (Å²) in [4.78, 5) is 6.84. The van der Waals surface area contributed by atoms with Crippen molar-refractivity contribution in [2.24, 2.45) is 0 Å². The number of aryl methyl sites for hydroxylation is 1. The van der Waals surface area contributed by atoms with Crippen LogP contribution in [0.1, 0.15) is 17.9 Å². The van der Waals surface area contributed by atoms with Crippen molar-refractivity contribution in [2.45, 2.75) is 12.8 Å². The monoisotopic (exact) mass is 307 g/mol. The minimum absolute atomic E-state index is 0.515. The maximum Gasteiger partial charge on any atom is 0.148 e. The fraction of sp³-hybridized carbons (Fsp3) is 0.263. The van der Waals surface area contributed by atoms with E-state index in [-0.39, 0.29) is 0 Å². The second-order valence-corrected chi connectivity index (χ2v) is 5.79. The first-order valence-electron chi connectivity index (χ1n) is 7.87. The van der Waals surface area contributed by atoms with Gasteiger partial charge in [-0.15, -0.1) is 0 Å².